The Labute approximate surface area is 114 Å². The van der Waals surface area contributed by atoms with Gasteiger partial charge in [0.05, 0.1) is 16.8 Å². The number of amides is 1. The van der Waals surface area contributed by atoms with E-state index in [2.05, 4.69) is 21.2 Å². The number of hydrogen-bond acceptors (Lipinski definition) is 2. The minimum atomic E-state index is -0.672. The van der Waals surface area contributed by atoms with Crippen LogP contribution in [0.1, 0.15) is 13.8 Å². The summed E-state index contributed by atoms with van der Waals surface area (Å²) in [6, 6.07) is 7.15. The van der Waals surface area contributed by atoms with E-state index in [9.17, 15) is 4.79 Å². The molecule has 1 N–H and O–H groups in total. The van der Waals surface area contributed by atoms with E-state index in [0.29, 0.717) is 10.7 Å². The fourth-order valence-electron chi connectivity index (χ4n) is 1.31. The number of nitriles is 1. The van der Waals surface area contributed by atoms with Crippen LogP contribution in [0.15, 0.2) is 22.7 Å². The molecule has 0 radical (unpaired) electrons. The standard InChI is InChI=1S/C12H12BrClN2O/c1-7(2)9(6-15)12(17)16-11-4-3-8(13)5-10(11)14/h3-5,7,9H,1-2H3,(H,16,17). The van der Waals surface area contributed by atoms with Crippen molar-refractivity contribution in [3.05, 3.63) is 27.7 Å². The predicted molar refractivity (Wildman–Crippen MR) is 71.7 cm³/mol. The molecule has 1 unspecified atom stereocenters. The quantitative estimate of drug-likeness (QED) is 0.921. The first-order valence-electron chi connectivity index (χ1n) is 5.11. The molecule has 90 valence electrons. The van der Waals surface area contributed by atoms with Gasteiger partial charge in [-0.05, 0) is 24.1 Å². The summed E-state index contributed by atoms with van der Waals surface area (Å²) in [7, 11) is 0. The fourth-order valence-corrected chi connectivity index (χ4v) is 2.03. The molecular formula is C12H12BrClN2O. The number of benzene rings is 1. The number of nitrogens with zero attached hydrogens (tertiary/aromatic N) is 1. The highest BCUT2D eigenvalue weighted by Gasteiger charge is 2.22. The molecule has 0 fully saturated rings. The third-order valence-corrected chi connectivity index (χ3v) is 3.08. The molecule has 0 saturated carbocycles. The Morgan fingerprint density at radius 3 is 2.65 bits per heavy atom. The predicted octanol–water partition coefficient (Wildman–Crippen LogP) is 3.84. The van der Waals surface area contributed by atoms with Crippen LogP contribution < -0.4 is 5.32 Å². The van der Waals surface area contributed by atoms with Crippen LogP contribution in [0.3, 0.4) is 0 Å². The van der Waals surface area contributed by atoms with Gasteiger partial charge in [0.15, 0.2) is 0 Å². The van der Waals surface area contributed by atoms with E-state index in [1.165, 1.54) is 0 Å². The lowest BCUT2D eigenvalue weighted by Gasteiger charge is -2.13. The Hall–Kier alpha value is -1.05. The second-order valence-electron chi connectivity index (χ2n) is 3.96. The molecule has 17 heavy (non-hydrogen) atoms. The molecule has 0 aliphatic heterocycles. The van der Waals surface area contributed by atoms with Crippen LogP contribution >= 0.6 is 27.5 Å². The zero-order valence-electron chi connectivity index (χ0n) is 9.50. The van der Waals surface area contributed by atoms with Gasteiger partial charge in [-0.3, -0.25) is 4.79 Å². The molecule has 1 amide bonds. The maximum Gasteiger partial charge on any atom is 0.242 e. The summed E-state index contributed by atoms with van der Waals surface area (Å²) in [6.45, 7) is 3.66. The number of carbonyl (C=O) groups excluding carboxylic acids is 1. The molecule has 3 nitrogen and oxygen atoms in total. The number of hydrogen-bond donors (Lipinski definition) is 1. The smallest absolute Gasteiger partial charge is 0.242 e. The van der Waals surface area contributed by atoms with Crippen molar-refractivity contribution in [1.82, 2.24) is 0 Å². The highest BCUT2D eigenvalue weighted by Crippen LogP contribution is 2.26. The molecule has 0 aromatic heterocycles. The molecule has 0 saturated heterocycles. The number of anilines is 1. The summed E-state index contributed by atoms with van der Waals surface area (Å²) >= 11 is 9.25. The summed E-state index contributed by atoms with van der Waals surface area (Å²) in [5.74, 6) is -1.03. The normalized spacial score (nSPS) is 12.0. The van der Waals surface area contributed by atoms with Gasteiger partial charge >= 0.3 is 0 Å². The van der Waals surface area contributed by atoms with Gasteiger partial charge in [0.2, 0.25) is 5.91 Å². The van der Waals surface area contributed by atoms with Gasteiger partial charge in [0.25, 0.3) is 0 Å². The first-order valence-corrected chi connectivity index (χ1v) is 6.28. The van der Waals surface area contributed by atoms with Crippen molar-refractivity contribution in [2.24, 2.45) is 11.8 Å². The SMILES string of the molecule is CC(C)C(C#N)C(=O)Nc1ccc(Br)cc1Cl. The Morgan fingerprint density at radius 2 is 2.18 bits per heavy atom. The summed E-state index contributed by atoms with van der Waals surface area (Å²) < 4.78 is 0.834. The number of halogens is 2. The van der Waals surface area contributed by atoms with Crippen molar-refractivity contribution in [3.63, 3.8) is 0 Å². The highest BCUT2D eigenvalue weighted by atomic mass is 79.9. The Bertz CT molecular complexity index is 468. The molecule has 5 heteroatoms. The third-order valence-electron chi connectivity index (χ3n) is 2.28. The monoisotopic (exact) mass is 314 g/mol. The second kappa shape index (κ2) is 6.04. The zero-order chi connectivity index (χ0) is 13.0. The molecule has 1 rings (SSSR count). The van der Waals surface area contributed by atoms with E-state index >= 15 is 0 Å². The van der Waals surface area contributed by atoms with Crippen LogP contribution in [0.25, 0.3) is 0 Å². The van der Waals surface area contributed by atoms with Gasteiger partial charge in [-0.15, -0.1) is 0 Å². The maximum absolute atomic E-state index is 11.8. The van der Waals surface area contributed by atoms with Crippen LogP contribution in [0, 0.1) is 23.2 Å². The van der Waals surface area contributed by atoms with E-state index in [1.54, 1.807) is 18.2 Å². The summed E-state index contributed by atoms with van der Waals surface area (Å²) in [6.07, 6.45) is 0. The van der Waals surface area contributed by atoms with Gasteiger partial charge in [-0.1, -0.05) is 41.4 Å². The molecule has 1 atom stereocenters. The lowest BCUT2D eigenvalue weighted by molar-refractivity contribution is -0.119. The average Bonchev–Trinajstić information content (AvgIpc) is 2.22. The Morgan fingerprint density at radius 1 is 1.53 bits per heavy atom. The molecule has 0 bridgehead atoms. The molecule has 0 aliphatic carbocycles. The van der Waals surface area contributed by atoms with Crippen molar-refractivity contribution >= 4 is 39.1 Å². The Balaban J connectivity index is 2.85. The van der Waals surface area contributed by atoms with Crippen LogP contribution in [-0.4, -0.2) is 5.91 Å². The van der Waals surface area contributed by atoms with Gasteiger partial charge in [-0.25, -0.2) is 0 Å². The molecule has 0 aliphatic rings. The molecule has 1 aromatic rings. The Kier molecular flexibility index (Phi) is 4.98. The minimum absolute atomic E-state index is 0.0331. The van der Waals surface area contributed by atoms with Crippen molar-refractivity contribution < 1.29 is 4.79 Å². The number of carbonyl (C=O) groups is 1. The zero-order valence-corrected chi connectivity index (χ0v) is 11.8. The van der Waals surface area contributed by atoms with Gasteiger partial charge in [0.1, 0.15) is 5.92 Å². The third kappa shape index (κ3) is 3.72. The highest BCUT2D eigenvalue weighted by molar-refractivity contribution is 9.10. The second-order valence-corrected chi connectivity index (χ2v) is 5.29. The number of rotatable bonds is 3. The van der Waals surface area contributed by atoms with Gasteiger partial charge in [-0.2, -0.15) is 5.26 Å². The van der Waals surface area contributed by atoms with E-state index in [1.807, 2.05) is 19.9 Å². The van der Waals surface area contributed by atoms with Crippen LogP contribution in [-0.2, 0) is 4.79 Å². The van der Waals surface area contributed by atoms with Crippen LogP contribution in [0.2, 0.25) is 5.02 Å². The van der Waals surface area contributed by atoms with Gasteiger partial charge < -0.3 is 5.32 Å². The van der Waals surface area contributed by atoms with E-state index < -0.39 is 5.92 Å². The van der Waals surface area contributed by atoms with E-state index in [0.717, 1.165) is 4.47 Å². The van der Waals surface area contributed by atoms with Crippen molar-refractivity contribution in [3.8, 4) is 6.07 Å². The summed E-state index contributed by atoms with van der Waals surface area (Å²) in [5.41, 5.74) is 0.515. The van der Waals surface area contributed by atoms with E-state index in [4.69, 9.17) is 16.9 Å². The van der Waals surface area contributed by atoms with Crippen molar-refractivity contribution in [2.45, 2.75) is 13.8 Å². The lowest BCUT2D eigenvalue weighted by Crippen LogP contribution is -2.25. The first-order chi connectivity index (χ1) is 7.95. The summed E-state index contributed by atoms with van der Waals surface area (Å²) in [4.78, 5) is 11.8. The largest absolute Gasteiger partial charge is 0.324 e. The topological polar surface area (TPSA) is 52.9 Å². The van der Waals surface area contributed by atoms with Crippen molar-refractivity contribution in [2.75, 3.05) is 5.32 Å². The molecule has 0 spiro atoms. The van der Waals surface area contributed by atoms with Crippen LogP contribution in [0.4, 0.5) is 5.69 Å². The first kappa shape index (κ1) is 14.0. The fraction of sp³-hybridized carbons (Fsp3) is 0.333. The average molecular weight is 316 g/mol. The molecular weight excluding hydrogens is 304 g/mol. The van der Waals surface area contributed by atoms with Gasteiger partial charge in [0, 0.05) is 4.47 Å². The van der Waals surface area contributed by atoms with Crippen LogP contribution in [0.5, 0.6) is 0 Å². The van der Waals surface area contributed by atoms with Crippen molar-refractivity contribution in [1.29, 1.82) is 5.26 Å². The molecule has 1 aromatic carbocycles. The van der Waals surface area contributed by atoms with E-state index in [-0.39, 0.29) is 11.8 Å². The summed E-state index contributed by atoms with van der Waals surface area (Å²) in [5, 5.41) is 12.0. The minimum Gasteiger partial charge on any atom is -0.324 e. The maximum atomic E-state index is 11.8. The number of nitrogens with one attached hydrogen (secondary N) is 1. The molecule has 0 heterocycles. The lowest BCUT2D eigenvalue weighted by atomic mass is 9.96.